The molecule has 3 nitrogen and oxygen atoms in total. The van der Waals surface area contributed by atoms with E-state index >= 15 is 0 Å². The number of hydrogen-bond acceptors (Lipinski definition) is 2. The first-order valence-electron chi connectivity index (χ1n) is 7.76. The van der Waals surface area contributed by atoms with E-state index in [4.69, 9.17) is 5.73 Å². The van der Waals surface area contributed by atoms with Gasteiger partial charge < -0.3 is 11.1 Å². The van der Waals surface area contributed by atoms with Crippen LogP contribution < -0.4 is 11.1 Å². The third-order valence-electron chi connectivity index (χ3n) is 5.10. The van der Waals surface area contributed by atoms with Crippen LogP contribution in [0.3, 0.4) is 0 Å². The van der Waals surface area contributed by atoms with Crippen molar-refractivity contribution in [2.24, 2.45) is 17.6 Å². The number of carbonyl (C=O) groups is 1. The summed E-state index contributed by atoms with van der Waals surface area (Å²) in [4.78, 5) is 12.3. The number of rotatable bonds is 3. The molecule has 0 spiro atoms. The second kappa shape index (κ2) is 5.96. The molecule has 0 aromatic heterocycles. The molecule has 2 aliphatic rings. The molecule has 116 valence electrons. The highest BCUT2D eigenvalue weighted by molar-refractivity contribution is 5.79. The van der Waals surface area contributed by atoms with Crippen molar-refractivity contribution in [1.29, 1.82) is 0 Å². The molecule has 0 aromatic carbocycles. The summed E-state index contributed by atoms with van der Waals surface area (Å²) in [7, 11) is 0. The highest BCUT2D eigenvalue weighted by Crippen LogP contribution is 2.37. The van der Waals surface area contributed by atoms with E-state index in [-0.39, 0.29) is 43.0 Å². The summed E-state index contributed by atoms with van der Waals surface area (Å²) < 4.78 is 26.3. The van der Waals surface area contributed by atoms with E-state index in [1.165, 1.54) is 0 Å². The Kier molecular flexibility index (Phi) is 4.67. The largest absolute Gasteiger partial charge is 0.349 e. The van der Waals surface area contributed by atoms with Gasteiger partial charge in [-0.05, 0) is 44.4 Å². The Morgan fingerprint density at radius 1 is 1.15 bits per heavy atom. The molecular formula is C15H26F2N2O. The van der Waals surface area contributed by atoms with Gasteiger partial charge in [0.15, 0.2) is 0 Å². The molecular weight excluding hydrogens is 262 g/mol. The first kappa shape index (κ1) is 15.7. The van der Waals surface area contributed by atoms with Crippen LogP contribution in [0.4, 0.5) is 8.78 Å². The Morgan fingerprint density at radius 3 is 2.20 bits per heavy atom. The van der Waals surface area contributed by atoms with E-state index in [0.717, 1.165) is 25.7 Å². The van der Waals surface area contributed by atoms with Crippen LogP contribution >= 0.6 is 0 Å². The number of amides is 1. The quantitative estimate of drug-likeness (QED) is 0.839. The number of hydrogen-bond donors (Lipinski definition) is 2. The van der Waals surface area contributed by atoms with Gasteiger partial charge in [0.25, 0.3) is 0 Å². The summed E-state index contributed by atoms with van der Waals surface area (Å²) in [5.74, 6) is -2.24. The van der Waals surface area contributed by atoms with Crippen molar-refractivity contribution >= 4 is 5.91 Å². The molecule has 2 aliphatic carbocycles. The van der Waals surface area contributed by atoms with Crippen molar-refractivity contribution in [1.82, 2.24) is 5.32 Å². The van der Waals surface area contributed by atoms with Gasteiger partial charge in [-0.2, -0.15) is 0 Å². The second-order valence-electron chi connectivity index (χ2n) is 6.79. The van der Waals surface area contributed by atoms with Gasteiger partial charge >= 0.3 is 0 Å². The molecule has 0 radical (unpaired) electrons. The Labute approximate surface area is 119 Å². The molecule has 0 bridgehead atoms. The summed E-state index contributed by atoms with van der Waals surface area (Å²) >= 11 is 0. The van der Waals surface area contributed by atoms with Crippen molar-refractivity contribution in [3.63, 3.8) is 0 Å². The maximum absolute atomic E-state index is 13.1. The van der Waals surface area contributed by atoms with Crippen molar-refractivity contribution in [2.45, 2.75) is 69.8 Å². The maximum Gasteiger partial charge on any atom is 0.248 e. The maximum atomic E-state index is 13.1. The van der Waals surface area contributed by atoms with E-state index in [1.807, 2.05) is 0 Å². The summed E-state index contributed by atoms with van der Waals surface area (Å²) in [6.07, 6.45) is 4.18. The lowest BCUT2D eigenvalue weighted by Gasteiger charge is -2.40. The number of nitrogens with one attached hydrogen (secondary N) is 1. The number of alkyl halides is 2. The van der Waals surface area contributed by atoms with Crippen LogP contribution in [0.1, 0.15) is 58.3 Å². The normalized spacial score (nSPS) is 34.7. The number of halogens is 2. The average Bonchev–Trinajstić information content (AvgIpc) is 2.41. The zero-order valence-electron chi connectivity index (χ0n) is 12.3. The lowest BCUT2D eigenvalue weighted by atomic mass is 9.76. The Bertz CT molecular complexity index is 342. The third-order valence-corrected chi connectivity index (χ3v) is 5.10. The van der Waals surface area contributed by atoms with E-state index in [9.17, 15) is 13.6 Å². The van der Waals surface area contributed by atoms with Crippen molar-refractivity contribution in [3.8, 4) is 0 Å². The van der Waals surface area contributed by atoms with Crippen molar-refractivity contribution < 1.29 is 13.6 Å². The summed E-state index contributed by atoms with van der Waals surface area (Å²) in [5.41, 5.74) is 5.57. The van der Waals surface area contributed by atoms with Crippen molar-refractivity contribution in [3.05, 3.63) is 0 Å². The monoisotopic (exact) mass is 288 g/mol. The van der Waals surface area contributed by atoms with E-state index in [2.05, 4.69) is 12.2 Å². The molecule has 2 rings (SSSR count). The van der Waals surface area contributed by atoms with Crippen LogP contribution in [0.5, 0.6) is 0 Å². The van der Waals surface area contributed by atoms with Crippen LogP contribution in [0.25, 0.3) is 0 Å². The van der Waals surface area contributed by atoms with Gasteiger partial charge in [-0.1, -0.05) is 6.92 Å². The molecule has 0 aliphatic heterocycles. The first-order chi connectivity index (χ1) is 9.36. The summed E-state index contributed by atoms with van der Waals surface area (Å²) in [5, 5.41) is 3.09. The molecule has 2 saturated carbocycles. The minimum absolute atomic E-state index is 0.0690. The van der Waals surface area contributed by atoms with Crippen LogP contribution in [0.2, 0.25) is 0 Å². The Balaban J connectivity index is 1.90. The zero-order chi connectivity index (χ0) is 14.8. The van der Waals surface area contributed by atoms with E-state index in [0.29, 0.717) is 12.5 Å². The lowest BCUT2D eigenvalue weighted by molar-refractivity contribution is -0.131. The van der Waals surface area contributed by atoms with Gasteiger partial charge in [0.1, 0.15) is 0 Å². The third kappa shape index (κ3) is 3.68. The van der Waals surface area contributed by atoms with Crippen LogP contribution in [0.15, 0.2) is 0 Å². The van der Waals surface area contributed by atoms with Crippen LogP contribution in [0, 0.1) is 11.8 Å². The first-order valence-corrected chi connectivity index (χ1v) is 7.76. The van der Waals surface area contributed by atoms with E-state index < -0.39 is 5.92 Å². The smallest absolute Gasteiger partial charge is 0.248 e. The number of carbonyl (C=O) groups excluding carboxylic acids is 1. The molecule has 3 N–H and O–H groups in total. The molecule has 1 amide bonds. The van der Waals surface area contributed by atoms with Gasteiger partial charge in [-0.15, -0.1) is 0 Å². The standard InChI is InChI=1S/C15H26F2N2O/c1-11-2-6-14(10-18,7-3-11)19-13(20)12-4-8-15(16,17)9-5-12/h11-12H,2-10,18H2,1H3,(H,19,20). The molecule has 2 fully saturated rings. The van der Waals surface area contributed by atoms with Crippen molar-refractivity contribution in [2.75, 3.05) is 6.54 Å². The zero-order valence-corrected chi connectivity index (χ0v) is 12.3. The molecule has 20 heavy (non-hydrogen) atoms. The van der Waals surface area contributed by atoms with Gasteiger partial charge in [0.2, 0.25) is 11.8 Å². The minimum atomic E-state index is -2.58. The van der Waals surface area contributed by atoms with Crippen LogP contribution in [-0.2, 0) is 4.79 Å². The lowest BCUT2D eigenvalue weighted by Crippen LogP contribution is -2.57. The highest BCUT2D eigenvalue weighted by atomic mass is 19.3. The van der Waals surface area contributed by atoms with Gasteiger partial charge in [0, 0.05) is 25.3 Å². The molecule has 0 saturated heterocycles. The topological polar surface area (TPSA) is 55.1 Å². The summed E-state index contributed by atoms with van der Waals surface area (Å²) in [6, 6.07) is 0. The molecule has 0 unspecified atom stereocenters. The average molecular weight is 288 g/mol. The second-order valence-corrected chi connectivity index (χ2v) is 6.79. The summed E-state index contributed by atoms with van der Waals surface area (Å²) in [6.45, 7) is 2.65. The van der Waals surface area contributed by atoms with Gasteiger partial charge in [0.05, 0.1) is 5.54 Å². The van der Waals surface area contributed by atoms with Crippen LogP contribution in [-0.4, -0.2) is 23.9 Å². The molecule has 0 aromatic rings. The Morgan fingerprint density at radius 2 is 1.70 bits per heavy atom. The SMILES string of the molecule is CC1CCC(CN)(NC(=O)C2CCC(F)(F)CC2)CC1. The van der Waals surface area contributed by atoms with E-state index in [1.54, 1.807) is 0 Å². The Hall–Kier alpha value is -0.710. The molecule has 5 heteroatoms. The van der Waals surface area contributed by atoms with Gasteiger partial charge in [-0.25, -0.2) is 8.78 Å². The minimum Gasteiger partial charge on any atom is -0.349 e. The molecule has 0 atom stereocenters. The predicted molar refractivity (Wildman–Crippen MR) is 74.5 cm³/mol. The fourth-order valence-corrected chi connectivity index (χ4v) is 3.36. The predicted octanol–water partition coefficient (Wildman–Crippen LogP) is 2.84. The molecule has 0 heterocycles. The van der Waals surface area contributed by atoms with Gasteiger partial charge in [-0.3, -0.25) is 4.79 Å². The highest BCUT2D eigenvalue weighted by Gasteiger charge is 2.40. The fraction of sp³-hybridized carbons (Fsp3) is 0.933. The fourth-order valence-electron chi connectivity index (χ4n) is 3.36. The number of nitrogens with two attached hydrogens (primary N) is 1.